The molecule has 0 radical (unpaired) electrons. The molecule has 1 saturated heterocycles. The molecule has 0 saturated carbocycles. The van der Waals surface area contributed by atoms with Crippen molar-refractivity contribution in [3.05, 3.63) is 0 Å². The van der Waals surface area contributed by atoms with Gasteiger partial charge in [-0.25, -0.2) is 0 Å². The van der Waals surface area contributed by atoms with E-state index >= 15 is 0 Å². The summed E-state index contributed by atoms with van der Waals surface area (Å²) < 4.78 is 10.4. The first-order valence-electron chi connectivity index (χ1n) is 5.39. The lowest BCUT2D eigenvalue weighted by Gasteiger charge is -2.39. The van der Waals surface area contributed by atoms with Crippen LogP contribution in [0.1, 0.15) is 13.8 Å². The fourth-order valence-electron chi connectivity index (χ4n) is 1.49. The van der Waals surface area contributed by atoms with Gasteiger partial charge in [0, 0.05) is 0 Å². The summed E-state index contributed by atoms with van der Waals surface area (Å²) >= 11 is 0. The smallest absolute Gasteiger partial charge is 0.186 e. The molecule has 0 aliphatic carbocycles. The molecule has 16 heavy (non-hydrogen) atoms. The van der Waals surface area contributed by atoms with E-state index in [1.165, 1.54) is 0 Å². The van der Waals surface area contributed by atoms with Crippen molar-refractivity contribution in [1.82, 2.24) is 0 Å². The zero-order valence-electron chi connectivity index (χ0n) is 9.48. The third-order valence-corrected chi connectivity index (χ3v) is 2.44. The van der Waals surface area contributed by atoms with Crippen molar-refractivity contribution >= 4 is 0 Å². The van der Waals surface area contributed by atoms with E-state index in [1.807, 2.05) is 13.8 Å². The molecule has 0 aromatic rings. The Morgan fingerprint density at radius 3 is 2.25 bits per heavy atom. The van der Waals surface area contributed by atoms with E-state index in [0.29, 0.717) is 6.61 Å². The molecule has 6 heteroatoms. The van der Waals surface area contributed by atoms with Gasteiger partial charge >= 0.3 is 0 Å². The van der Waals surface area contributed by atoms with Crippen molar-refractivity contribution in [2.24, 2.45) is 5.92 Å². The first-order chi connectivity index (χ1) is 7.47. The number of rotatable bonds is 4. The Morgan fingerprint density at radius 2 is 1.75 bits per heavy atom. The Balaban J connectivity index is 2.56. The molecule has 0 aromatic heterocycles. The van der Waals surface area contributed by atoms with E-state index in [4.69, 9.17) is 14.6 Å². The summed E-state index contributed by atoms with van der Waals surface area (Å²) in [7, 11) is 0. The third-order valence-electron chi connectivity index (χ3n) is 2.44. The van der Waals surface area contributed by atoms with E-state index in [-0.39, 0.29) is 5.92 Å². The Kier molecular flexibility index (Phi) is 5.10. The second-order valence-corrected chi connectivity index (χ2v) is 4.42. The van der Waals surface area contributed by atoms with Gasteiger partial charge in [0.15, 0.2) is 6.29 Å². The van der Waals surface area contributed by atoms with Gasteiger partial charge in [0.05, 0.1) is 13.2 Å². The van der Waals surface area contributed by atoms with Gasteiger partial charge in [0.25, 0.3) is 0 Å². The van der Waals surface area contributed by atoms with Gasteiger partial charge in [0.1, 0.15) is 24.4 Å². The number of aliphatic hydroxyl groups excluding tert-OH is 4. The second-order valence-electron chi connectivity index (χ2n) is 4.42. The van der Waals surface area contributed by atoms with Crippen molar-refractivity contribution in [3.63, 3.8) is 0 Å². The van der Waals surface area contributed by atoms with E-state index in [1.54, 1.807) is 0 Å². The molecule has 1 aliphatic rings. The van der Waals surface area contributed by atoms with Crippen LogP contribution in [0.5, 0.6) is 0 Å². The normalized spacial score (nSPS) is 40.3. The van der Waals surface area contributed by atoms with Crippen molar-refractivity contribution in [3.8, 4) is 0 Å². The minimum atomic E-state index is -1.37. The quantitative estimate of drug-likeness (QED) is 0.472. The Hall–Kier alpha value is -0.240. The number of hydrogen-bond acceptors (Lipinski definition) is 6. The van der Waals surface area contributed by atoms with Crippen LogP contribution in [-0.4, -0.2) is 64.3 Å². The van der Waals surface area contributed by atoms with Gasteiger partial charge < -0.3 is 29.9 Å². The molecule has 0 amide bonds. The SMILES string of the molecule is CC(C)COC1O[C@H](CO)[C@@H](O)[C@H](O)[C@H]1O. The highest BCUT2D eigenvalue weighted by atomic mass is 16.7. The van der Waals surface area contributed by atoms with Crippen molar-refractivity contribution < 1.29 is 29.9 Å². The van der Waals surface area contributed by atoms with Crippen LogP contribution in [0.2, 0.25) is 0 Å². The second kappa shape index (κ2) is 5.90. The van der Waals surface area contributed by atoms with Crippen LogP contribution in [-0.2, 0) is 9.47 Å². The molecule has 0 spiro atoms. The summed E-state index contributed by atoms with van der Waals surface area (Å²) in [6, 6.07) is 0. The van der Waals surface area contributed by atoms with E-state index < -0.39 is 37.3 Å². The molecule has 96 valence electrons. The lowest BCUT2D eigenvalue weighted by Crippen LogP contribution is -2.59. The Morgan fingerprint density at radius 1 is 1.12 bits per heavy atom. The molecule has 0 bridgehead atoms. The first-order valence-corrected chi connectivity index (χ1v) is 5.39. The predicted octanol–water partition coefficient (Wildman–Crippen LogP) is -1.54. The van der Waals surface area contributed by atoms with Gasteiger partial charge in [-0.15, -0.1) is 0 Å². The van der Waals surface area contributed by atoms with Gasteiger partial charge in [-0.05, 0) is 5.92 Å². The maximum absolute atomic E-state index is 9.59. The molecule has 1 heterocycles. The van der Waals surface area contributed by atoms with E-state index in [9.17, 15) is 15.3 Å². The topological polar surface area (TPSA) is 99.4 Å². The molecular formula is C10H20O6. The molecule has 1 unspecified atom stereocenters. The van der Waals surface area contributed by atoms with Crippen LogP contribution >= 0.6 is 0 Å². The van der Waals surface area contributed by atoms with Crippen LogP contribution in [0.15, 0.2) is 0 Å². The van der Waals surface area contributed by atoms with Gasteiger partial charge in [-0.1, -0.05) is 13.8 Å². The van der Waals surface area contributed by atoms with E-state index in [0.717, 1.165) is 0 Å². The van der Waals surface area contributed by atoms with Gasteiger partial charge in [-0.3, -0.25) is 0 Å². The van der Waals surface area contributed by atoms with E-state index in [2.05, 4.69) is 0 Å². The van der Waals surface area contributed by atoms with Crippen LogP contribution in [0.25, 0.3) is 0 Å². The number of ether oxygens (including phenoxy) is 2. The molecule has 1 fully saturated rings. The zero-order valence-corrected chi connectivity index (χ0v) is 9.48. The third kappa shape index (κ3) is 3.13. The standard InChI is InChI=1S/C10H20O6/c1-5(2)4-15-10-9(14)8(13)7(12)6(3-11)16-10/h5-14H,3-4H2,1-2H3/t6-,7-,8+,9-,10?/m1/s1. The van der Waals surface area contributed by atoms with Crippen LogP contribution in [0.3, 0.4) is 0 Å². The molecule has 4 N–H and O–H groups in total. The minimum Gasteiger partial charge on any atom is -0.394 e. The molecular weight excluding hydrogens is 216 g/mol. The maximum atomic E-state index is 9.59. The largest absolute Gasteiger partial charge is 0.394 e. The molecule has 1 aliphatic heterocycles. The molecule has 6 nitrogen and oxygen atoms in total. The van der Waals surface area contributed by atoms with Crippen LogP contribution in [0, 0.1) is 5.92 Å². The molecule has 5 atom stereocenters. The Labute approximate surface area is 94.4 Å². The van der Waals surface area contributed by atoms with Crippen LogP contribution in [0.4, 0.5) is 0 Å². The summed E-state index contributed by atoms with van der Waals surface area (Å²) in [6.45, 7) is 3.79. The highest BCUT2D eigenvalue weighted by Gasteiger charge is 2.43. The Bertz CT molecular complexity index is 207. The molecule has 1 rings (SSSR count). The summed E-state index contributed by atoms with van der Waals surface area (Å²) in [5, 5.41) is 37.5. The van der Waals surface area contributed by atoms with Gasteiger partial charge in [-0.2, -0.15) is 0 Å². The highest BCUT2D eigenvalue weighted by Crippen LogP contribution is 2.22. The maximum Gasteiger partial charge on any atom is 0.186 e. The zero-order chi connectivity index (χ0) is 12.3. The lowest BCUT2D eigenvalue weighted by molar-refractivity contribution is -0.302. The van der Waals surface area contributed by atoms with Gasteiger partial charge in [0.2, 0.25) is 0 Å². The highest BCUT2D eigenvalue weighted by molar-refractivity contribution is 4.88. The fourth-order valence-corrected chi connectivity index (χ4v) is 1.49. The monoisotopic (exact) mass is 236 g/mol. The van der Waals surface area contributed by atoms with Crippen molar-refractivity contribution in [2.45, 2.75) is 44.6 Å². The molecule has 0 aromatic carbocycles. The summed E-state index contributed by atoms with van der Waals surface area (Å²) in [5.41, 5.74) is 0. The van der Waals surface area contributed by atoms with Crippen molar-refractivity contribution in [2.75, 3.05) is 13.2 Å². The minimum absolute atomic E-state index is 0.257. The first kappa shape index (κ1) is 13.8. The lowest BCUT2D eigenvalue weighted by atomic mass is 9.99. The fraction of sp³-hybridized carbons (Fsp3) is 1.00. The summed E-state index contributed by atoms with van der Waals surface area (Å²) in [4.78, 5) is 0. The van der Waals surface area contributed by atoms with Crippen molar-refractivity contribution in [1.29, 1.82) is 0 Å². The summed E-state index contributed by atoms with van der Waals surface area (Å²) in [6.07, 6.45) is -5.94. The van der Waals surface area contributed by atoms with Crippen LogP contribution < -0.4 is 0 Å². The number of aliphatic hydroxyl groups is 4. The average Bonchev–Trinajstić information content (AvgIpc) is 2.25. The average molecular weight is 236 g/mol. The summed E-state index contributed by atoms with van der Waals surface area (Å²) in [5.74, 6) is 0.257. The number of hydrogen-bond donors (Lipinski definition) is 4. The predicted molar refractivity (Wildman–Crippen MR) is 54.6 cm³/mol.